The molecule has 2 heterocycles. The number of carbonyl (C=O) groups excluding carboxylic acids is 1. The van der Waals surface area contributed by atoms with E-state index in [1.165, 1.54) is 36.9 Å². The summed E-state index contributed by atoms with van der Waals surface area (Å²) >= 11 is 0. The summed E-state index contributed by atoms with van der Waals surface area (Å²) in [6.45, 7) is 1.77. The first-order valence-electron chi connectivity index (χ1n) is 8.62. The van der Waals surface area contributed by atoms with Crippen LogP contribution in [-0.2, 0) is 11.2 Å². The van der Waals surface area contributed by atoms with Crippen molar-refractivity contribution in [1.29, 1.82) is 0 Å². The van der Waals surface area contributed by atoms with Gasteiger partial charge in [-0.2, -0.15) is 0 Å². The van der Waals surface area contributed by atoms with Gasteiger partial charge in [0, 0.05) is 18.8 Å². The van der Waals surface area contributed by atoms with Crippen LogP contribution in [0.25, 0.3) is 0 Å². The Morgan fingerprint density at radius 2 is 2.05 bits per heavy atom. The zero-order chi connectivity index (χ0) is 15.2. The van der Waals surface area contributed by atoms with Crippen molar-refractivity contribution in [2.45, 2.75) is 51.0 Å². The lowest BCUT2D eigenvalue weighted by Crippen LogP contribution is -2.43. The van der Waals surface area contributed by atoms with E-state index in [4.69, 9.17) is 0 Å². The molecule has 3 rings (SSSR count). The van der Waals surface area contributed by atoms with Gasteiger partial charge in [0.2, 0.25) is 5.91 Å². The second-order valence-electron chi connectivity index (χ2n) is 6.32. The third-order valence-corrected chi connectivity index (χ3v) is 4.76. The molecule has 0 aromatic heterocycles. The van der Waals surface area contributed by atoms with Crippen molar-refractivity contribution in [1.82, 2.24) is 10.2 Å². The molecule has 118 valence electrons. The van der Waals surface area contributed by atoms with E-state index in [0.29, 0.717) is 0 Å². The Bertz CT molecular complexity index is 523. The lowest BCUT2D eigenvalue weighted by atomic mass is 10.1. The van der Waals surface area contributed by atoms with Crippen molar-refractivity contribution in [3.8, 4) is 0 Å². The van der Waals surface area contributed by atoms with Gasteiger partial charge in [-0.1, -0.05) is 42.8 Å². The highest BCUT2D eigenvalue weighted by atomic mass is 16.2. The van der Waals surface area contributed by atoms with Crippen LogP contribution in [0.5, 0.6) is 0 Å². The van der Waals surface area contributed by atoms with Gasteiger partial charge in [0.05, 0.1) is 0 Å². The number of hydrogen-bond acceptors (Lipinski definition) is 2. The predicted octanol–water partition coefficient (Wildman–Crippen LogP) is 3.27. The van der Waals surface area contributed by atoms with E-state index < -0.39 is 0 Å². The Labute approximate surface area is 133 Å². The molecule has 1 atom stereocenters. The standard InChI is InChI=1S/C19H26N2O/c22-19(20-14-13-16-8-4-3-5-9-16)18-12-11-17-10-6-1-2-7-15-21(17)18/h3-5,8-10,18H,1-2,6-7,11-15H2,(H,20,22). The highest BCUT2D eigenvalue weighted by Crippen LogP contribution is 2.30. The van der Waals surface area contributed by atoms with Gasteiger partial charge in [0.1, 0.15) is 6.04 Å². The average Bonchev–Trinajstić information content (AvgIpc) is 2.90. The number of allylic oxidation sites excluding steroid dienone is 2. The maximum Gasteiger partial charge on any atom is 0.242 e. The molecule has 1 amide bonds. The minimum absolute atomic E-state index is 0.0557. The first-order valence-corrected chi connectivity index (χ1v) is 8.62. The molecule has 3 nitrogen and oxygen atoms in total. The van der Waals surface area contributed by atoms with E-state index in [1.54, 1.807) is 0 Å². The second kappa shape index (κ2) is 7.48. The van der Waals surface area contributed by atoms with E-state index in [0.717, 1.165) is 32.4 Å². The van der Waals surface area contributed by atoms with Gasteiger partial charge in [-0.25, -0.2) is 0 Å². The number of carbonyl (C=O) groups is 1. The van der Waals surface area contributed by atoms with E-state index >= 15 is 0 Å². The van der Waals surface area contributed by atoms with E-state index in [9.17, 15) is 4.79 Å². The molecule has 0 bridgehead atoms. The van der Waals surface area contributed by atoms with Crippen LogP contribution in [0.15, 0.2) is 42.1 Å². The molecule has 0 aliphatic carbocycles. The summed E-state index contributed by atoms with van der Waals surface area (Å²) in [6.07, 6.45) is 10.3. The monoisotopic (exact) mass is 298 g/mol. The van der Waals surface area contributed by atoms with Crippen LogP contribution in [0, 0.1) is 0 Å². The van der Waals surface area contributed by atoms with Gasteiger partial charge in [0.15, 0.2) is 0 Å². The third-order valence-electron chi connectivity index (χ3n) is 4.76. The van der Waals surface area contributed by atoms with Crippen molar-refractivity contribution in [3.63, 3.8) is 0 Å². The van der Waals surface area contributed by atoms with Crippen LogP contribution in [0.1, 0.15) is 44.1 Å². The molecular weight excluding hydrogens is 272 g/mol. The van der Waals surface area contributed by atoms with Crippen molar-refractivity contribution in [2.75, 3.05) is 13.1 Å². The summed E-state index contributed by atoms with van der Waals surface area (Å²) in [7, 11) is 0. The Morgan fingerprint density at radius 3 is 2.91 bits per heavy atom. The first kappa shape index (κ1) is 15.1. The van der Waals surface area contributed by atoms with Gasteiger partial charge >= 0.3 is 0 Å². The van der Waals surface area contributed by atoms with Crippen molar-refractivity contribution < 1.29 is 4.79 Å². The highest BCUT2D eigenvalue weighted by Gasteiger charge is 2.32. The molecule has 1 N–H and O–H groups in total. The lowest BCUT2D eigenvalue weighted by molar-refractivity contribution is -0.125. The topological polar surface area (TPSA) is 32.3 Å². The molecule has 1 aromatic carbocycles. The molecule has 22 heavy (non-hydrogen) atoms. The SMILES string of the molecule is O=C(NCCc1ccccc1)C1CCC2=CCCCCCN21. The fraction of sp³-hybridized carbons (Fsp3) is 0.526. The van der Waals surface area contributed by atoms with Gasteiger partial charge in [-0.3, -0.25) is 4.79 Å². The van der Waals surface area contributed by atoms with E-state index in [-0.39, 0.29) is 11.9 Å². The number of fused-ring (bicyclic) bond motifs is 1. The van der Waals surface area contributed by atoms with Gasteiger partial charge in [0.25, 0.3) is 0 Å². The number of rotatable bonds is 4. The van der Waals surface area contributed by atoms with Crippen LogP contribution < -0.4 is 5.32 Å². The van der Waals surface area contributed by atoms with Crippen molar-refractivity contribution in [3.05, 3.63) is 47.7 Å². The molecule has 1 saturated heterocycles. The summed E-state index contributed by atoms with van der Waals surface area (Å²) in [4.78, 5) is 14.9. The first-order chi connectivity index (χ1) is 10.8. The highest BCUT2D eigenvalue weighted by molar-refractivity contribution is 5.82. The number of nitrogens with one attached hydrogen (secondary N) is 1. The number of amides is 1. The molecule has 1 aromatic rings. The quantitative estimate of drug-likeness (QED) is 0.925. The Kier molecular flexibility index (Phi) is 5.15. The summed E-state index contributed by atoms with van der Waals surface area (Å²) in [5.41, 5.74) is 2.68. The average molecular weight is 298 g/mol. The van der Waals surface area contributed by atoms with Crippen molar-refractivity contribution in [2.24, 2.45) is 0 Å². The second-order valence-corrected chi connectivity index (χ2v) is 6.32. The van der Waals surface area contributed by atoms with Crippen LogP contribution in [0.3, 0.4) is 0 Å². The van der Waals surface area contributed by atoms with Gasteiger partial charge < -0.3 is 10.2 Å². The molecular formula is C19H26N2O. The Morgan fingerprint density at radius 1 is 1.18 bits per heavy atom. The van der Waals surface area contributed by atoms with Crippen LogP contribution in [0.2, 0.25) is 0 Å². The normalized spacial score (nSPS) is 21.5. The molecule has 1 fully saturated rings. The minimum atomic E-state index is 0.0557. The fourth-order valence-electron chi connectivity index (χ4n) is 3.54. The maximum absolute atomic E-state index is 12.5. The molecule has 0 radical (unpaired) electrons. The maximum atomic E-state index is 12.5. The van der Waals surface area contributed by atoms with Gasteiger partial charge in [-0.15, -0.1) is 0 Å². The van der Waals surface area contributed by atoms with Crippen LogP contribution in [0.4, 0.5) is 0 Å². The third kappa shape index (κ3) is 3.70. The number of nitrogens with zero attached hydrogens (tertiary/aromatic N) is 1. The number of benzene rings is 1. The number of hydrogen-bond donors (Lipinski definition) is 1. The Balaban J connectivity index is 1.52. The van der Waals surface area contributed by atoms with Crippen molar-refractivity contribution >= 4 is 5.91 Å². The zero-order valence-corrected chi connectivity index (χ0v) is 13.3. The van der Waals surface area contributed by atoms with Gasteiger partial charge in [-0.05, 0) is 44.1 Å². The lowest BCUT2D eigenvalue weighted by Gasteiger charge is -2.28. The molecule has 2 aliphatic rings. The van der Waals surface area contributed by atoms with E-state index in [1.807, 2.05) is 18.2 Å². The molecule has 0 spiro atoms. The Hall–Kier alpha value is -1.77. The molecule has 0 saturated carbocycles. The summed E-state index contributed by atoms with van der Waals surface area (Å²) in [5.74, 6) is 0.208. The smallest absolute Gasteiger partial charge is 0.242 e. The molecule has 1 unspecified atom stereocenters. The summed E-state index contributed by atoms with van der Waals surface area (Å²) in [5, 5.41) is 3.13. The predicted molar refractivity (Wildman–Crippen MR) is 89.4 cm³/mol. The summed E-state index contributed by atoms with van der Waals surface area (Å²) in [6, 6.07) is 10.4. The minimum Gasteiger partial charge on any atom is -0.363 e. The van der Waals surface area contributed by atoms with E-state index in [2.05, 4.69) is 28.4 Å². The van der Waals surface area contributed by atoms with Crippen LogP contribution >= 0.6 is 0 Å². The summed E-state index contributed by atoms with van der Waals surface area (Å²) < 4.78 is 0. The molecule has 3 heteroatoms. The van der Waals surface area contributed by atoms with Crippen LogP contribution in [-0.4, -0.2) is 29.9 Å². The molecule has 2 aliphatic heterocycles. The zero-order valence-electron chi connectivity index (χ0n) is 13.3. The fourth-order valence-corrected chi connectivity index (χ4v) is 3.54. The largest absolute Gasteiger partial charge is 0.363 e.